The number of methoxy groups -OCH3 is 1. The molecule has 2 N–H and O–H groups in total. The van der Waals surface area contributed by atoms with Crippen LogP contribution in [0.15, 0.2) is 30.3 Å². The topological polar surface area (TPSA) is 35.2 Å². The van der Waals surface area contributed by atoms with Gasteiger partial charge in [-0.25, -0.2) is 0 Å². The van der Waals surface area contributed by atoms with E-state index < -0.39 is 0 Å². The third-order valence-corrected chi connectivity index (χ3v) is 4.26. The molecule has 112 valence electrons. The summed E-state index contributed by atoms with van der Waals surface area (Å²) in [7, 11) is 1.72. The van der Waals surface area contributed by atoms with Gasteiger partial charge in [0.15, 0.2) is 0 Å². The summed E-state index contributed by atoms with van der Waals surface area (Å²) in [6.45, 7) is 8.43. The average molecular weight is 283 g/mol. The largest absolute Gasteiger partial charge is 0.496 e. The number of benzene rings is 2. The van der Waals surface area contributed by atoms with Crippen molar-refractivity contribution in [3.63, 3.8) is 0 Å². The van der Waals surface area contributed by atoms with Crippen LogP contribution in [-0.4, -0.2) is 7.11 Å². The zero-order chi connectivity index (χ0) is 15.6. The lowest BCUT2D eigenvalue weighted by Gasteiger charge is -2.20. The van der Waals surface area contributed by atoms with Crippen molar-refractivity contribution in [3.05, 3.63) is 63.7 Å². The van der Waals surface area contributed by atoms with E-state index >= 15 is 0 Å². The van der Waals surface area contributed by atoms with Gasteiger partial charge in [0.1, 0.15) is 5.75 Å². The molecule has 2 heteroatoms. The van der Waals surface area contributed by atoms with E-state index in [-0.39, 0.29) is 6.04 Å². The Balaban J connectivity index is 2.34. The van der Waals surface area contributed by atoms with Crippen molar-refractivity contribution in [1.82, 2.24) is 0 Å². The van der Waals surface area contributed by atoms with Gasteiger partial charge in [-0.15, -0.1) is 0 Å². The Bertz CT molecular complexity index is 646. The van der Waals surface area contributed by atoms with Gasteiger partial charge in [-0.2, -0.15) is 0 Å². The van der Waals surface area contributed by atoms with E-state index in [1.54, 1.807) is 7.11 Å². The van der Waals surface area contributed by atoms with Crippen LogP contribution >= 0.6 is 0 Å². The van der Waals surface area contributed by atoms with E-state index in [1.807, 2.05) is 0 Å². The van der Waals surface area contributed by atoms with Crippen LogP contribution in [0.5, 0.6) is 5.75 Å². The second-order valence-corrected chi connectivity index (χ2v) is 5.87. The fourth-order valence-corrected chi connectivity index (χ4v) is 2.74. The van der Waals surface area contributed by atoms with Gasteiger partial charge in [-0.05, 0) is 56.4 Å². The van der Waals surface area contributed by atoms with Crippen LogP contribution in [0, 0.1) is 27.7 Å². The smallest absolute Gasteiger partial charge is 0.126 e. The van der Waals surface area contributed by atoms with Crippen LogP contribution in [0.1, 0.15) is 39.4 Å². The Morgan fingerprint density at radius 3 is 2.33 bits per heavy atom. The maximum Gasteiger partial charge on any atom is 0.126 e. The summed E-state index contributed by atoms with van der Waals surface area (Å²) in [5.74, 6) is 0.924. The molecule has 0 aliphatic heterocycles. The molecule has 21 heavy (non-hydrogen) atoms. The number of nitrogens with two attached hydrogens (primary N) is 1. The zero-order valence-corrected chi connectivity index (χ0v) is 13.7. The van der Waals surface area contributed by atoms with Crippen molar-refractivity contribution < 1.29 is 4.74 Å². The van der Waals surface area contributed by atoms with Crippen molar-refractivity contribution in [2.24, 2.45) is 5.73 Å². The predicted molar refractivity (Wildman–Crippen MR) is 89.0 cm³/mol. The number of aryl methyl sites for hydroxylation is 3. The summed E-state index contributed by atoms with van der Waals surface area (Å²) in [6.07, 6.45) is 0.826. The maximum atomic E-state index is 6.46. The van der Waals surface area contributed by atoms with E-state index in [0.29, 0.717) is 0 Å². The number of rotatable bonds is 4. The minimum Gasteiger partial charge on any atom is -0.496 e. The van der Waals surface area contributed by atoms with Crippen molar-refractivity contribution in [1.29, 1.82) is 0 Å². The third-order valence-electron chi connectivity index (χ3n) is 4.26. The maximum absolute atomic E-state index is 6.46. The molecule has 0 heterocycles. The number of hydrogen-bond acceptors (Lipinski definition) is 2. The molecule has 0 saturated carbocycles. The summed E-state index contributed by atoms with van der Waals surface area (Å²) >= 11 is 0. The first-order chi connectivity index (χ1) is 9.93. The molecule has 2 rings (SSSR count). The number of hydrogen-bond donors (Lipinski definition) is 1. The Morgan fingerprint density at radius 2 is 1.67 bits per heavy atom. The molecular formula is C19H25NO. The molecule has 1 unspecified atom stereocenters. The van der Waals surface area contributed by atoms with Crippen LogP contribution in [-0.2, 0) is 6.42 Å². The predicted octanol–water partition coefficient (Wildman–Crippen LogP) is 4.17. The molecule has 2 aromatic rings. The summed E-state index contributed by atoms with van der Waals surface area (Å²) in [5.41, 5.74) is 13.8. The SMILES string of the molecule is COc1c(C(N)Cc2cc(C)ccc2C)ccc(C)c1C. The molecule has 0 radical (unpaired) electrons. The average Bonchev–Trinajstić information content (AvgIpc) is 2.45. The van der Waals surface area contributed by atoms with Crippen LogP contribution in [0.25, 0.3) is 0 Å². The summed E-state index contributed by atoms with van der Waals surface area (Å²) in [5, 5.41) is 0. The minimum absolute atomic E-state index is 0.0558. The van der Waals surface area contributed by atoms with Crippen molar-refractivity contribution in [2.75, 3.05) is 7.11 Å². The summed E-state index contributed by atoms with van der Waals surface area (Å²) < 4.78 is 5.59. The first-order valence-corrected chi connectivity index (χ1v) is 7.39. The fourth-order valence-electron chi connectivity index (χ4n) is 2.74. The van der Waals surface area contributed by atoms with E-state index in [9.17, 15) is 0 Å². The Labute approximate surface area is 127 Å². The van der Waals surface area contributed by atoms with Crippen LogP contribution < -0.4 is 10.5 Å². The molecule has 0 bridgehead atoms. The lowest BCUT2D eigenvalue weighted by atomic mass is 9.93. The van der Waals surface area contributed by atoms with E-state index in [2.05, 4.69) is 58.0 Å². The van der Waals surface area contributed by atoms with Crippen LogP contribution in [0.4, 0.5) is 0 Å². The standard InChI is InChI=1S/C19H25NO/c1-12-6-7-14(3)16(10-12)11-18(20)17-9-8-13(2)15(4)19(17)21-5/h6-10,18H,11,20H2,1-5H3. The Kier molecular flexibility index (Phi) is 4.69. The lowest BCUT2D eigenvalue weighted by Crippen LogP contribution is -2.16. The summed E-state index contributed by atoms with van der Waals surface area (Å²) in [6, 6.07) is 10.7. The van der Waals surface area contributed by atoms with Gasteiger partial charge in [0.05, 0.1) is 7.11 Å². The highest BCUT2D eigenvalue weighted by Gasteiger charge is 2.16. The van der Waals surface area contributed by atoms with Gasteiger partial charge in [0.2, 0.25) is 0 Å². The molecule has 0 fully saturated rings. The van der Waals surface area contributed by atoms with Gasteiger partial charge in [-0.3, -0.25) is 0 Å². The van der Waals surface area contributed by atoms with Crippen molar-refractivity contribution >= 4 is 0 Å². The Hall–Kier alpha value is -1.80. The highest BCUT2D eigenvalue weighted by Crippen LogP contribution is 2.31. The van der Waals surface area contributed by atoms with Gasteiger partial charge < -0.3 is 10.5 Å². The molecule has 0 spiro atoms. The fraction of sp³-hybridized carbons (Fsp3) is 0.368. The van der Waals surface area contributed by atoms with Gasteiger partial charge in [-0.1, -0.05) is 35.9 Å². The molecular weight excluding hydrogens is 258 g/mol. The quantitative estimate of drug-likeness (QED) is 0.914. The molecule has 0 aliphatic rings. The molecule has 0 saturated heterocycles. The third kappa shape index (κ3) is 3.27. The minimum atomic E-state index is -0.0558. The Morgan fingerprint density at radius 1 is 1.00 bits per heavy atom. The number of ether oxygens (including phenoxy) is 1. The summed E-state index contributed by atoms with van der Waals surface area (Å²) in [4.78, 5) is 0. The monoisotopic (exact) mass is 283 g/mol. The molecule has 0 aliphatic carbocycles. The molecule has 0 aromatic heterocycles. The molecule has 2 aromatic carbocycles. The lowest BCUT2D eigenvalue weighted by molar-refractivity contribution is 0.402. The zero-order valence-electron chi connectivity index (χ0n) is 13.7. The van der Waals surface area contributed by atoms with Crippen LogP contribution in [0.2, 0.25) is 0 Å². The van der Waals surface area contributed by atoms with Gasteiger partial charge in [0, 0.05) is 11.6 Å². The van der Waals surface area contributed by atoms with E-state index in [0.717, 1.165) is 17.7 Å². The normalized spacial score (nSPS) is 12.3. The highest BCUT2D eigenvalue weighted by atomic mass is 16.5. The molecule has 2 nitrogen and oxygen atoms in total. The van der Waals surface area contributed by atoms with Crippen molar-refractivity contribution in [2.45, 2.75) is 40.2 Å². The first-order valence-electron chi connectivity index (χ1n) is 7.39. The second-order valence-electron chi connectivity index (χ2n) is 5.87. The highest BCUT2D eigenvalue weighted by molar-refractivity contribution is 5.47. The van der Waals surface area contributed by atoms with E-state index in [1.165, 1.54) is 27.8 Å². The van der Waals surface area contributed by atoms with Crippen molar-refractivity contribution in [3.8, 4) is 5.75 Å². The molecule has 0 amide bonds. The van der Waals surface area contributed by atoms with Crippen LogP contribution in [0.3, 0.4) is 0 Å². The van der Waals surface area contributed by atoms with Gasteiger partial charge in [0.25, 0.3) is 0 Å². The van der Waals surface area contributed by atoms with Gasteiger partial charge >= 0.3 is 0 Å². The second kappa shape index (κ2) is 6.31. The first kappa shape index (κ1) is 15.6. The van der Waals surface area contributed by atoms with E-state index in [4.69, 9.17) is 10.5 Å². The molecule has 1 atom stereocenters.